The highest BCUT2D eigenvalue weighted by Gasteiger charge is 2.19. The molecule has 17 heavy (non-hydrogen) atoms. The van der Waals surface area contributed by atoms with E-state index in [1.807, 2.05) is 0 Å². The number of rotatable bonds is 2. The summed E-state index contributed by atoms with van der Waals surface area (Å²) in [6.07, 6.45) is 1.34. The quantitative estimate of drug-likeness (QED) is 0.861. The average Bonchev–Trinajstić information content (AvgIpc) is 2.67. The van der Waals surface area contributed by atoms with Crippen molar-refractivity contribution in [2.45, 2.75) is 0 Å². The molecule has 0 atom stereocenters. The summed E-state index contributed by atoms with van der Waals surface area (Å²) in [5, 5.41) is 16.1. The van der Waals surface area contributed by atoms with Crippen LogP contribution in [0.25, 0.3) is 11.4 Å². The van der Waals surface area contributed by atoms with Gasteiger partial charge in [0.05, 0.1) is 5.56 Å². The third-order valence-electron chi connectivity index (χ3n) is 2.24. The lowest BCUT2D eigenvalue weighted by molar-refractivity contribution is 0.0697. The van der Waals surface area contributed by atoms with Gasteiger partial charge in [0.1, 0.15) is 6.33 Å². The van der Waals surface area contributed by atoms with Crippen LogP contribution in [0, 0.1) is 11.6 Å². The molecular formula is C10H7F2N3O2. The summed E-state index contributed by atoms with van der Waals surface area (Å²) in [7, 11) is 1.57. The van der Waals surface area contributed by atoms with Crippen LogP contribution in [0.3, 0.4) is 0 Å². The van der Waals surface area contributed by atoms with E-state index in [0.29, 0.717) is 6.07 Å². The molecular weight excluding hydrogens is 232 g/mol. The first kappa shape index (κ1) is 11.2. The van der Waals surface area contributed by atoms with Crippen molar-refractivity contribution in [2.75, 3.05) is 0 Å². The fraction of sp³-hybridized carbons (Fsp3) is 0.100. The molecule has 0 aliphatic rings. The second-order valence-electron chi connectivity index (χ2n) is 3.38. The third kappa shape index (κ3) is 1.86. The molecule has 7 heteroatoms. The largest absolute Gasteiger partial charge is 0.478 e. The zero-order valence-electron chi connectivity index (χ0n) is 8.69. The Morgan fingerprint density at radius 2 is 2.00 bits per heavy atom. The molecule has 1 aromatic heterocycles. The van der Waals surface area contributed by atoms with Gasteiger partial charge in [0.15, 0.2) is 17.5 Å². The monoisotopic (exact) mass is 239 g/mol. The predicted octanol–water partition coefficient (Wildman–Crippen LogP) is 1.46. The van der Waals surface area contributed by atoms with Gasteiger partial charge in [-0.15, -0.1) is 10.2 Å². The second kappa shape index (κ2) is 3.93. The Bertz CT molecular complexity index is 595. The van der Waals surface area contributed by atoms with Gasteiger partial charge in [0, 0.05) is 12.6 Å². The highest BCUT2D eigenvalue weighted by molar-refractivity contribution is 5.95. The van der Waals surface area contributed by atoms with Gasteiger partial charge in [0.25, 0.3) is 0 Å². The Labute approximate surface area is 94.3 Å². The van der Waals surface area contributed by atoms with Gasteiger partial charge in [-0.05, 0) is 12.1 Å². The van der Waals surface area contributed by atoms with Crippen LogP contribution >= 0.6 is 0 Å². The highest BCUT2D eigenvalue weighted by atomic mass is 19.2. The van der Waals surface area contributed by atoms with E-state index in [1.165, 1.54) is 10.9 Å². The van der Waals surface area contributed by atoms with Crippen molar-refractivity contribution in [3.63, 3.8) is 0 Å². The number of benzene rings is 1. The maximum absolute atomic E-state index is 13.1. The lowest BCUT2D eigenvalue weighted by Gasteiger charge is -2.06. The van der Waals surface area contributed by atoms with Crippen LogP contribution in [0.2, 0.25) is 0 Å². The topological polar surface area (TPSA) is 68.0 Å². The highest BCUT2D eigenvalue weighted by Crippen LogP contribution is 2.24. The number of aromatic carboxylic acids is 1. The molecule has 0 saturated heterocycles. The van der Waals surface area contributed by atoms with E-state index in [9.17, 15) is 13.6 Å². The van der Waals surface area contributed by atoms with Crippen LogP contribution in [-0.4, -0.2) is 25.8 Å². The van der Waals surface area contributed by atoms with Crippen molar-refractivity contribution in [2.24, 2.45) is 7.05 Å². The molecule has 0 aliphatic heterocycles. The number of carboxylic acid groups (broad SMARTS) is 1. The van der Waals surface area contributed by atoms with Crippen molar-refractivity contribution in [3.8, 4) is 11.4 Å². The van der Waals surface area contributed by atoms with Gasteiger partial charge in [-0.3, -0.25) is 0 Å². The molecule has 1 aromatic carbocycles. The van der Waals surface area contributed by atoms with E-state index in [1.54, 1.807) is 7.05 Å². The Morgan fingerprint density at radius 3 is 2.53 bits per heavy atom. The predicted molar refractivity (Wildman–Crippen MR) is 53.3 cm³/mol. The Kier molecular flexibility index (Phi) is 2.58. The van der Waals surface area contributed by atoms with Crippen LogP contribution in [0.15, 0.2) is 18.5 Å². The summed E-state index contributed by atoms with van der Waals surface area (Å²) in [6, 6.07) is 1.42. The zero-order valence-corrected chi connectivity index (χ0v) is 8.69. The molecule has 88 valence electrons. The normalized spacial score (nSPS) is 10.5. The molecule has 0 bridgehead atoms. The van der Waals surface area contributed by atoms with Crippen molar-refractivity contribution in [1.82, 2.24) is 14.8 Å². The van der Waals surface area contributed by atoms with E-state index in [-0.39, 0.29) is 17.0 Å². The van der Waals surface area contributed by atoms with Gasteiger partial charge < -0.3 is 9.67 Å². The Balaban J connectivity index is 2.72. The Hall–Kier alpha value is -2.31. The van der Waals surface area contributed by atoms with Gasteiger partial charge >= 0.3 is 5.97 Å². The molecule has 0 radical (unpaired) electrons. The second-order valence-corrected chi connectivity index (χ2v) is 3.38. The van der Waals surface area contributed by atoms with Crippen LogP contribution in [0.1, 0.15) is 10.4 Å². The smallest absolute Gasteiger partial charge is 0.336 e. The van der Waals surface area contributed by atoms with E-state index in [2.05, 4.69) is 10.2 Å². The lowest BCUT2D eigenvalue weighted by Crippen LogP contribution is -2.05. The van der Waals surface area contributed by atoms with Crippen molar-refractivity contribution in [1.29, 1.82) is 0 Å². The van der Waals surface area contributed by atoms with Gasteiger partial charge in [-0.2, -0.15) is 0 Å². The first-order chi connectivity index (χ1) is 8.00. The summed E-state index contributed by atoms with van der Waals surface area (Å²) in [6.45, 7) is 0. The van der Waals surface area contributed by atoms with Gasteiger partial charge in [-0.25, -0.2) is 13.6 Å². The van der Waals surface area contributed by atoms with Crippen LogP contribution in [0.5, 0.6) is 0 Å². The number of nitrogens with zero attached hydrogens (tertiary/aromatic N) is 3. The number of carboxylic acids is 1. The summed E-state index contributed by atoms with van der Waals surface area (Å²) in [4.78, 5) is 10.9. The van der Waals surface area contributed by atoms with Crippen LogP contribution in [-0.2, 0) is 7.05 Å². The summed E-state index contributed by atoms with van der Waals surface area (Å²) >= 11 is 0. The number of aromatic nitrogens is 3. The summed E-state index contributed by atoms with van der Waals surface area (Å²) in [5.41, 5.74) is -0.378. The van der Waals surface area contributed by atoms with Crippen molar-refractivity contribution < 1.29 is 18.7 Å². The molecule has 0 saturated carbocycles. The number of hydrogen-bond acceptors (Lipinski definition) is 3. The van der Waals surface area contributed by atoms with Crippen molar-refractivity contribution in [3.05, 3.63) is 35.7 Å². The van der Waals surface area contributed by atoms with Gasteiger partial charge in [-0.1, -0.05) is 0 Å². The molecule has 0 aliphatic carbocycles. The molecule has 5 nitrogen and oxygen atoms in total. The fourth-order valence-corrected chi connectivity index (χ4v) is 1.44. The Morgan fingerprint density at radius 1 is 1.35 bits per heavy atom. The number of aryl methyl sites for hydroxylation is 1. The molecule has 0 unspecified atom stereocenters. The minimum absolute atomic E-state index is 0.0172. The van der Waals surface area contributed by atoms with E-state index >= 15 is 0 Å². The maximum Gasteiger partial charge on any atom is 0.336 e. The van der Waals surface area contributed by atoms with E-state index in [4.69, 9.17) is 5.11 Å². The summed E-state index contributed by atoms with van der Waals surface area (Å²) < 4.78 is 27.5. The molecule has 1 heterocycles. The lowest BCUT2D eigenvalue weighted by atomic mass is 10.1. The third-order valence-corrected chi connectivity index (χ3v) is 2.24. The molecule has 0 amide bonds. The van der Waals surface area contributed by atoms with Crippen LogP contribution in [0.4, 0.5) is 8.78 Å². The van der Waals surface area contributed by atoms with Crippen LogP contribution < -0.4 is 0 Å². The maximum atomic E-state index is 13.1. The zero-order chi connectivity index (χ0) is 12.6. The average molecular weight is 239 g/mol. The molecule has 0 spiro atoms. The SMILES string of the molecule is Cn1cnnc1-c1cc(F)c(F)cc1C(=O)O. The van der Waals surface area contributed by atoms with Crippen molar-refractivity contribution >= 4 is 5.97 Å². The summed E-state index contributed by atoms with van der Waals surface area (Å²) in [5.74, 6) is -3.55. The van der Waals surface area contributed by atoms with E-state index < -0.39 is 17.6 Å². The molecule has 1 N–H and O–H groups in total. The molecule has 2 rings (SSSR count). The minimum Gasteiger partial charge on any atom is -0.478 e. The number of hydrogen-bond donors (Lipinski definition) is 1. The fourth-order valence-electron chi connectivity index (χ4n) is 1.44. The molecule has 2 aromatic rings. The number of carbonyl (C=O) groups is 1. The minimum atomic E-state index is -1.36. The standard InChI is InChI=1S/C10H7F2N3O2/c1-15-4-13-14-9(15)5-2-7(11)8(12)3-6(5)10(16)17/h2-4H,1H3,(H,16,17). The van der Waals surface area contributed by atoms with Gasteiger partial charge in [0.2, 0.25) is 0 Å². The molecule has 0 fully saturated rings. The first-order valence-corrected chi connectivity index (χ1v) is 4.57. The number of halogens is 2. The van der Waals surface area contributed by atoms with E-state index in [0.717, 1.165) is 6.07 Å². The first-order valence-electron chi connectivity index (χ1n) is 4.57.